The van der Waals surface area contributed by atoms with E-state index in [-0.39, 0.29) is 42.0 Å². The zero-order chi connectivity index (χ0) is 41.0. The molecule has 1 amide bonds. The Morgan fingerprint density at radius 2 is 1.71 bits per heavy atom. The van der Waals surface area contributed by atoms with Gasteiger partial charge in [-0.25, -0.2) is 37.5 Å². The van der Waals surface area contributed by atoms with Gasteiger partial charge in [-0.1, -0.05) is 32.9 Å². The molecule has 0 spiro atoms. The van der Waals surface area contributed by atoms with Gasteiger partial charge in [0.15, 0.2) is 17.1 Å². The Labute approximate surface area is 338 Å². The topological polar surface area (TPSA) is 106 Å². The van der Waals surface area contributed by atoms with E-state index in [2.05, 4.69) is 36.0 Å². The van der Waals surface area contributed by atoms with Crippen LogP contribution in [0.4, 0.5) is 24.7 Å². The number of halogens is 3. The number of pyridine rings is 1. The molecule has 1 N–H and O–H groups in total. The normalized spacial score (nSPS) is 16.2. The predicted molar refractivity (Wildman–Crippen MR) is 221 cm³/mol. The summed E-state index contributed by atoms with van der Waals surface area (Å²) in [6.45, 7) is 10.00. The fourth-order valence-corrected chi connectivity index (χ4v) is 8.73. The van der Waals surface area contributed by atoms with E-state index in [0.29, 0.717) is 64.8 Å². The summed E-state index contributed by atoms with van der Waals surface area (Å²) < 4.78 is 47.9. The standard InChI is InChI=1S/C45H44F3N9O2/c1-45(2,3)27-53-19-6-9-34(25-53)57-42-41(50-23-39(52-42)51-32-8-4-7-30(46)21-32)56(44(57)59)33-15-12-28(13-16-33)43(58)54-20-17-35-36-10-5-18-49-40(36)55(38(35)26-54)24-29-11-14-31(47)22-37(29)48/h4-5,7-8,10-16,18,21-23,34H,6,9,17,19-20,24-27H2,1-3H3,(H,51,52)/t34-/m0/s1. The molecule has 0 saturated carbocycles. The van der Waals surface area contributed by atoms with Crippen molar-refractivity contribution in [2.45, 2.75) is 59.2 Å². The molecule has 0 bridgehead atoms. The number of nitrogens with one attached hydrogen (secondary N) is 1. The average molecular weight is 800 g/mol. The summed E-state index contributed by atoms with van der Waals surface area (Å²) in [4.78, 5) is 47.1. The SMILES string of the molecule is CC(C)(C)CN1CCC[C@H](n2c(=O)n(-c3ccc(C(=O)N4CCc5c(n(Cc6ccc(F)cc6F)c6ncccc56)C4)cc3)c3ncc(Nc4cccc(F)c4)nc32)C1. The Balaban J connectivity index is 1.03. The zero-order valence-corrected chi connectivity index (χ0v) is 33.1. The minimum atomic E-state index is -0.647. The highest BCUT2D eigenvalue weighted by molar-refractivity contribution is 5.95. The van der Waals surface area contributed by atoms with Crippen LogP contribution in [0.15, 0.2) is 96.1 Å². The number of nitrogens with zero attached hydrogens (tertiary/aromatic N) is 8. The highest BCUT2D eigenvalue weighted by atomic mass is 19.1. The molecule has 0 aliphatic carbocycles. The van der Waals surface area contributed by atoms with Gasteiger partial charge in [-0.15, -0.1) is 0 Å². The number of hydrogen-bond donors (Lipinski definition) is 1. The first-order chi connectivity index (χ1) is 28.4. The molecule has 7 aromatic rings. The fraction of sp³-hybridized carbons (Fsp3) is 0.311. The second-order valence-electron chi connectivity index (χ2n) is 16.8. The molecule has 1 saturated heterocycles. The monoisotopic (exact) mass is 799 g/mol. The van der Waals surface area contributed by atoms with Gasteiger partial charge in [0.05, 0.1) is 31.0 Å². The molecule has 0 radical (unpaired) electrons. The van der Waals surface area contributed by atoms with E-state index >= 15 is 0 Å². The van der Waals surface area contributed by atoms with Gasteiger partial charge in [-0.05, 0) is 97.4 Å². The number of carbonyl (C=O) groups excluding carboxylic acids is 1. The number of benzene rings is 3. The lowest BCUT2D eigenvalue weighted by Crippen LogP contribution is -2.43. The van der Waals surface area contributed by atoms with Crippen LogP contribution in [0.2, 0.25) is 0 Å². The summed E-state index contributed by atoms with van der Waals surface area (Å²) in [6, 6.07) is 20.2. The van der Waals surface area contributed by atoms with Crippen molar-refractivity contribution < 1.29 is 18.0 Å². The molecule has 2 aliphatic rings. The van der Waals surface area contributed by atoms with Crippen molar-refractivity contribution in [2.24, 2.45) is 5.41 Å². The maximum absolute atomic E-state index is 14.9. The molecule has 11 nitrogen and oxygen atoms in total. The third-order valence-electron chi connectivity index (χ3n) is 11.2. The first-order valence-corrected chi connectivity index (χ1v) is 19.9. The lowest BCUT2D eigenvalue weighted by molar-refractivity contribution is 0.0730. The quantitative estimate of drug-likeness (QED) is 0.166. The van der Waals surface area contributed by atoms with Crippen molar-refractivity contribution in [1.29, 1.82) is 0 Å². The number of carbonyl (C=O) groups is 1. The summed E-state index contributed by atoms with van der Waals surface area (Å²) in [5.41, 5.74) is 4.97. The Kier molecular flexibility index (Phi) is 9.82. The number of anilines is 2. The van der Waals surface area contributed by atoms with Gasteiger partial charge in [-0.3, -0.25) is 9.36 Å². The van der Waals surface area contributed by atoms with E-state index in [0.717, 1.165) is 48.6 Å². The Hall–Kier alpha value is -6.28. The lowest BCUT2D eigenvalue weighted by atomic mass is 9.94. The summed E-state index contributed by atoms with van der Waals surface area (Å²) in [6.07, 6.45) is 5.51. The lowest BCUT2D eigenvalue weighted by Gasteiger charge is -2.36. The van der Waals surface area contributed by atoms with Gasteiger partial charge in [0.25, 0.3) is 5.91 Å². The van der Waals surface area contributed by atoms with Crippen LogP contribution < -0.4 is 11.0 Å². The van der Waals surface area contributed by atoms with Crippen molar-refractivity contribution in [3.63, 3.8) is 0 Å². The maximum Gasteiger partial charge on any atom is 0.336 e. The van der Waals surface area contributed by atoms with E-state index in [1.165, 1.54) is 30.5 Å². The second-order valence-corrected chi connectivity index (χ2v) is 16.8. The Morgan fingerprint density at radius 3 is 2.49 bits per heavy atom. The average Bonchev–Trinajstić information content (AvgIpc) is 3.68. The summed E-state index contributed by atoms with van der Waals surface area (Å²) in [5, 5.41) is 4.08. The first-order valence-electron chi connectivity index (χ1n) is 19.9. The van der Waals surface area contributed by atoms with Crippen LogP contribution in [0.25, 0.3) is 28.0 Å². The number of likely N-dealkylation sites (tertiary alicyclic amines) is 1. The van der Waals surface area contributed by atoms with Crippen molar-refractivity contribution in [3.05, 3.63) is 142 Å². The predicted octanol–water partition coefficient (Wildman–Crippen LogP) is 8.02. The minimum absolute atomic E-state index is 0.0808. The molecule has 14 heteroatoms. The van der Waals surface area contributed by atoms with E-state index in [9.17, 15) is 22.8 Å². The smallest absolute Gasteiger partial charge is 0.336 e. The number of piperidine rings is 1. The van der Waals surface area contributed by atoms with Gasteiger partial charge >= 0.3 is 5.69 Å². The molecule has 6 heterocycles. The molecule has 0 unspecified atom stereocenters. The molecule has 9 rings (SSSR count). The largest absolute Gasteiger partial charge is 0.339 e. The van der Waals surface area contributed by atoms with Gasteiger partial charge < -0.3 is 19.7 Å². The van der Waals surface area contributed by atoms with Crippen molar-refractivity contribution in [2.75, 3.05) is 31.5 Å². The van der Waals surface area contributed by atoms with Crippen LogP contribution in [0.1, 0.15) is 66.8 Å². The first kappa shape index (κ1) is 38.2. The van der Waals surface area contributed by atoms with E-state index in [1.807, 2.05) is 16.7 Å². The molecule has 1 fully saturated rings. The number of fused-ring (bicyclic) bond motifs is 4. The molecule has 3 aromatic carbocycles. The molecular formula is C45H44F3N9O2. The molecule has 1 atom stereocenters. The van der Waals surface area contributed by atoms with Crippen LogP contribution in [0.5, 0.6) is 0 Å². The number of amides is 1. The summed E-state index contributed by atoms with van der Waals surface area (Å²) in [5.74, 6) is -1.50. The van der Waals surface area contributed by atoms with Crippen molar-refractivity contribution in [1.82, 2.24) is 38.5 Å². The highest BCUT2D eigenvalue weighted by Crippen LogP contribution is 2.33. The van der Waals surface area contributed by atoms with E-state index in [4.69, 9.17) is 9.97 Å². The van der Waals surface area contributed by atoms with Gasteiger partial charge in [0.1, 0.15) is 23.1 Å². The Morgan fingerprint density at radius 1 is 0.898 bits per heavy atom. The number of rotatable bonds is 8. The minimum Gasteiger partial charge on any atom is -0.339 e. The summed E-state index contributed by atoms with van der Waals surface area (Å²) in [7, 11) is 0. The van der Waals surface area contributed by atoms with E-state index < -0.39 is 11.6 Å². The van der Waals surface area contributed by atoms with Gasteiger partial charge in [0.2, 0.25) is 0 Å². The second kappa shape index (κ2) is 15.1. The Bertz CT molecular complexity index is 2790. The highest BCUT2D eigenvalue weighted by Gasteiger charge is 2.31. The number of hydrogen-bond acceptors (Lipinski definition) is 7. The van der Waals surface area contributed by atoms with Crippen molar-refractivity contribution >= 4 is 39.7 Å². The zero-order valence-electron chi connectivity index (χ0n) is 33.1. The van der Waals surface area contributed by atoms with Crippen LogP contribution in [0, 0.1) is 22.9 Å². The number of aromatic nitrogens is 6. The van der Waals surface area contributed by atoms with Gasteiger partial charge in [-0.2, -0.15) is 0 Å². The fourth-order valence-electron chi connectivity index (χ4n) is 8.73. The summed E-state index contributed by atoms with van der Waals surface area (Å²) >= 11 is 0. The van der Waals surface area contributed by atoms with Crippen LogP contribution in [-0.2, 0) is 19.5 Å². The molecule has 59 heavy (non-hydrogen) atoms. The van der Waals surface area contributed by atoms with E-state index in [1.54, 1.807) is 56.6 Å². The van der Waals surface area contributed by atoms with Crippen LogP contribution >= 0.6 is 0 Å². The third-order valence-corrected chi connectivity index (χ3v) is 11.2. The molecule has 302 valence electrons. The number of imidazole rings is 1. The van der Waals surface area contributed by atoms with Crippen LogP contribution in [-0.4, -0.2) is 70.5 Å². The molecule has 4 aromatic heterocycles. The van der Waals surface area contributed by atoms with Crippen LogP contribution in [0.3, 0.4) is 0 Å². The molecular weight excluding hydrogens is 756 g/mol. The van der Waals surface area contributed by atoms with Crippen molar-refractivity contribution in [3.8, 4) is 5.69 Å². The maximum atomic E-state index is 14.9. The molecule has 2 aliphatic heterocycles. The third kappa shape index (κ3) is 7.48. The van der Waals surface area contributed by atoms with Gasteiger partial charge in [0, 0.05) is 59.8 Å².